The lowest BCUT2D eigenvalue weighted by molar-refractivity contribution is 0.165. The van der Waals surface area contributed by atoms with Crippen LogP contribution in [0.1, 0.15) is 64.0 Å². The number of piperidine rings is 1. The summed E-state index contributed by atoms with van der Waals surface area (Å²) in [6, 6.07) is 7.27. The molecule has 2 aliphatic heterocycles. The first-order valence-corrected chi connectivity index (χ1v) is 13.8. The van der Waals surface area contributed by atoms with E-state index in [1.807, 2.05) is 17.8 Å². The molecule has 5 heterocycles. The highest BCUT2D eigenvalue weighted by atomic mass is 16.5. The van der Waals surface area contributed by atoms with Gasteiger partial charge in [-0.05, 0) is 71.7 Å². The van der Waals surface area contributed by atoms with E-state index in [1.165, 1.54) is 30.6 Å². The Hall–Kier alpha value is -3.46. The van der Waals surface area contributed by atoms with Crippen LogP contribution in [0.5, 0.6) is 5.75 Å². The van der Waals surface area contributed by atoms with Crippen molar-refractivity contribution in [1.82, 2.24) is 39.0 Å². The third kappa shape index (κ3) is 4.32. The Kier molecular flexibility index (Phi) is 6.34. The lowest BCUT2D eigenvalue weighted by Crippen LogP contribution is -2.39. The summed E-state index contributed by atoms with van der Waals surface area (Å²) in [5.74, 6) is 3.80. The molecule has 0 amide bonds. The minimum atomic E-state index is 0.205. The molecule has 0 bridgehead atoms. The van der Waals surface area contributed by atoms with Crippen LogP contribution in [0.4, 0.5) is 0 Å². The Bertz CT molecular complexity index is 1460. The van der Waals surface area contributed by atoms with E-state index in [1.54, 1.807) is 0 Å². The Morgan fingerprint density at radius 2 is 1.84 bits per heavy atom. The van der Waals surface area contributed by atoms with Crippen LogP contribution < -0.4 is 4.74 Å². The molecular formula is C29H38N8O. The van der Waals surface area contributed by atoms with Gasteiger partial charge in [0.2, 0.25) is 0 Å². The minimum Gasteiger partial charge on any atom is -0.491 e. The summed E-state index contributed by atoms with van der Waals surface area (Å²) in [5.41, 5.74) is 5.50. The van der Waals surface area contributed by atoms with Gasteiger partial charge in [-0.15, -0.1) is 0 Å². The van der Waals surface area contributed by atoms with Crippen LogP contribution in [0.25, 0.3) is 34.0 Å². The smallest absolute Gasteiger partial charge is 0.178 e. The highest BCUT2D eigenvalue weighted by molar-refractivity contribution is 5.76. The fraction of sp³-hybridized carbons (Fsp3) is 0.517. The van der Waals surface area contributed by atoms with E-state index < -0.39 is 0 Å². The second kappa shape index (κ2) is 9.69. The number of hydrogen-bond donors (Lipinski definition) is 0. The van der Waals surface area contributed by atoms with Gasteiger partial charge in [-0.3, -0.25) is 4.68 Å². The van der Waals surface area contributed by atoms with Crippen LogP contribution in [-0.2, 0) is 13.6 Å². The number of nitrogens with zero attached hydrogens (tertiary/aromatic N) is 8. The van der Waals surface area contributed by atoms with Gasteiger partial charge < -0.3 is 14.2 Å². The van der Waals surface area contributed by atoms with Crippen LogP contribution in [0.3, 0.4) is 0 Å². The molecule has 1 fully saturated rings. The van der Waals surface area contributed by atoms with Gasteiger partial charge in [0.25, 0.3) is 0 Å². The topological polar surface area (TPSA) is 78.8 Å². The van der Waals surface area contributed by atoms with E-state index in [4.69, 9.17) is 14.8 Å². The maximum atomic E-state index is 6.27. The third-order valence-corrected chi connectivity index (χ3v) is 7.91. The standard InChI is InChI=1S/C29H38N8O/c1-18(2)35-11-7-8-22(16-35)27-24(15-30-34(27)6)21-9-10-23-26(14-21)38-13-12-36-17-25(32-28(23)36)29-31-20(5)33-37(29)19(3)4/h9-10,14-15,17-19,22H,7-8,11-13,16H2,1-6H3/t22-/m1/s1. The average Bonchev–Trinajstić information content (AvgIpc) is 3.58. The second-order valence-electron chi connectivity index (χ2n) is 11.2. The lowest BCUT2D eigenvalue weighted by Gasteiger charge is -2.35. The normalized spacial score (nSPS) is 17.9. The second-order valence-corrected chi connectivity index (χ2v) is 11.2. The Morgan fingerprint density at radius 1 is 1.00 bits per heavy atom. The van der Waals surface area contributed by atoms with Gasteiger partial charge in [0.15, 0.2) is 5.82 Å². The molecule has 0 aliphatic carbocycles. The van der Waals surface area contributed by atoms with Gasteiger partial charge >= 0.3 is 0 Å². The number of hydrogen-bond acceptors (Lipinski definition) is 6. The van der Waals surface area contributed by atoms with Gasteiger partial charge in [-0.25, -0.2) is 14.6 Å². The van der Waals surface area contributed by atoms with Crippen molar-refractivity contribution in [3.8, 4) is 39.8 Å². The van der Waals surface area contributed by atoms with E-state index in [9.17, 15) is 0 Å². The summed E-state index contributed by atoms with van der Waals surface area (Å²) >= 11 is 0. The van der Waals surface area contributed by atoms with Crippen LogP contribution in [0, 0.1) is 6.92 Å². The van der Waals surface area contributed by atoms with Crippen molar-refractivity contribution in [3.05, 3.63) is 42.1 Å². The van der Waals surface area contributed by atoms with Crippen LogP contribution in [-0.4, -0.2) is 64.7 Å². The van der Waals surface area contributed by atoms with E-state index in [-0.39, 0.29) is 6.04 Å². The molecule has 2 aliphatic rings. The van der Waals surface area contributed by atoms with Gasteiger partial charge in [0, 0.05) is 43.4 Å². The predicted octanol–water partition coefficient (Wildman–Crippen LogP) is 5.08. The van der Waals surface area contributed by atoms with Crippen LogP contribution in [0.2, 0.25) is 0 Å². The van der Waals surface area contributed by atoms with E-state index in [0.29, 0.717) is 18.6 Å². The van der Waals surface area contributed by atoms with Crippen LogP contribution >= 0.6 is 0 Å². The first-order chi connectivity index (χ1) is 18.3. The molecule has 1 aromatic carbocycles. The molecule has 4 aromatic rings. The summed E-state index contributed by atoms with van der Waals surface area (Å²) < 4.78 is 12.5. The number of fused-ring (bicyclic) bond motifs is 3. The molecule has 38 heavy (non-hydrogen) atoms. The molecule has 1 saturated heterocycles. The van der Waals surface area contributed by atoms with Gasteiger partial charge in [0.1, 0.15) is 29.7 Å². The fourth-order valence-corrected chi connectivity index (χ4v) is 5.97. The number of aromatic nitrogens is 7. The molecule has 0 saturated carbocycles. The first kappa shape index (κ1) is 24.9. The Labute approximate surface area is 224 Å². The van der Waals surface area contributed by atoms with Crippen molar-refractivity contribution in [1.29, 1.82) is 0 Å². The highest BCUT2D eigenvalue weighted by Crippen LogP contribution is 2.40. The Morgan fingerprint density at radius 3 is 2.63 bits per heavy atom. The number of rotatable bonds is 5. The Balaban J connectivity index is 1.37. The zero-order valence-electron chi connectivity index (χ0n) is 23.3. The van der Waals surface area contributed by atoms with E-state index >= 15 is 0 Å². The van der Waals surface area contributed by atoms with Crippen molar-refractivity contribution in [2.24, 2.45) is 7.05 Å². The minimum absolute atomic E-state index is 0.205. The molecule has 6 rings (SSSR count). The van der Waals surface area contributed by atoms with Crippen molar-refractivity contribution in [3.63, 3.8) is 0 Å². The van der Waals surface area contributed by atoms with E-state index in [2.05, 4.69) is 83.4 Å². The molecule has 200 valence electrons. The van der Waals surface area contributed by atoms with Crippen molar-refractivity contribution in [2.75, 3.05) is 19.7 Å². The fourth-order valence-electron chi connectivity index (χ4n) is 5.97. The molecule has 9 nitrogen and oxygen atoms in total. The number of ether oxygens (including phenoxy) is 1. The van der Waals surface area contributed by atoms with Crippen molar-refractivity contribution < 1.29 is 4.74 Å². The predicted molar refractivity (Wildman–Crippen MR) is 148 cm³/mol. The van der Waals surface area contributed by atoms with Gasteiger partial charge in [-0.2, -0.15) is 10.2 Å². The first-order valence-electron chi connectivity index (χ1n) is 13.8. The summed E-state index contributed by atoms with van der Waals surface area (Å²) in [7, 11) is 2.07. The van der Waals surface area contributed by atoms with Gasteiger partial charge in [0.05, 0.1) is 24.0 Å². The quantitative estimate of drug-likeness (QED) is 0.370. The third-order valence-electron chi connectivity index (χ3n) is 7.91. The zero-order chi connectivity index (χ0) is 26.6. The molecular weight excluding hydrogens is 476 g/mol. The summed E-state index contributed by atoms with van der Waals surface area (Å²) in [5, 5.41) is 9.28. The largest absolute Gasteiger partial charge is 0.491 e. The SMILES string of the molecule is Cc1nc(-c2cn3c(n2)-c2ccc(-c4cnn(C)c4[C@@H]4CCCN(C(C)C)C4)cc2OCC3)n(C(C)C)n1. The average molecular weight is 515 g/mol. The highest BCUT2D eigenvalue weighted by Gasteiger charge is 2.29. The maximum Gasteiger partial charge on any atom is 0.178 e. The lowest BCUT2D eigenvalue weighted by atomic mass is 9.89. The number of aryl methyl sites for hydroxylation is 2. The molecule has 1 atom stereocenters. The maximum absolute atomic E-state index is 6.27. The summed E-state index contributed by atoms with van der Waals surface area (Å²) in [6.45, 7) is 14.3. The van der Waals surface area contributed by atoms with E-state index in [0.717, 1.165) is 53.1 Å². The molecule has 0 radical (unpaired) electrons. The van der Waals surface area contributed by atoms with Crippen molar-refractivity contribution in [2.45, 2.75) is 72.0 Å². The number of imidazole rings is 1. The number of likely N-dealkylation sites (tertiary alicyclic amines) is 1. The summed E-state index contributed by atoms with van der Waals surface area (Å²) in [6.07, 6.45) is 6.50. The monoisotopic (exact) mass is 514 g/mol. The molecule has 0 unspecified atom stereocenters. The number of benzene rings is 1. The molecule has 0 N–H and O–H groups in total. The van der Waals surface area contributed by atoms with Gasteiger partial charge in [-0.1, -0.05) is 6.07 Å². The zero-order valence-corrected chi connectivity index (χ0v) is 23.3. The molecule has 9 heteroatoms. The van der Waals surface area contributed by atoms with Crippen LogP contribution in [0.15, 0.2) is 30.6 Å². The summed E-state index contributed by atoms with van der Waals surface area (Å²) in [4.78, 5) is 12.3. The van der Waals surface area contributed by atoms with Crippen molar-refractivity contribution >= 4 is 0 Å². The molecule has 0 spiro atoms. The molecule has 3 aromatic heterocycles.